The average molecular weight is 211 g/mol. The van der Waals surface area contributed by atoms with Crippen molar-refractivity contribution in [1.82, 2.24) is 10.3 Å². The van der Waals surface area contributed by atoms with Gasteiger partial charge in [0.15, 0.2) is 0 Å². The first-order valence-electron chi connectivity index (χ1n) is 5.16. The molecule has 3 heteroatoms. The third-order valence-electron chi connectivity index (χ3n) is 2.72. The molecule has 0 radical (unpaired) electrons. The Balaban J connectivity index is 1.99. The van der Waals surface area contributed by atoms with Crippen LogP contribution in [0.15, 0.2) is 18.3 Å². The van der Waals surface area contributed by atoms with E-state index in [-0.39, 0.29) is 0 Å². The van der Waals surface area contributed by atoms with Crippen molar-refractivity contribution in [3.8, 4) is 0 Å². The van der Waals surface area contributed by atoms with E-state index in [1.807, 2.05) is 18.3 Å². The summed E-state index contributed by atoms with van der Waals surface area (Å²) in [5.41, 5.74) is 1.04. The first-order chi connectivity index (χ1) is 6.86. The van der Waals surface area contributed by atoms with Crippen LogP contribution >= 0.6 is 11.6 Å². The zero-order valence-electron chi connectivity index (χ0n) is 8.17. The van der Waals surface area contributed by atoms with Crippen molar-refractivity contribution in [2.45, 2.75) is 19.3 Å². The summed E-state index contributed by atoms with van der Waals surface area (Å²) in [6.07, 6.45) is 5.39. The molecule has 1 atom stereocenters. The van der Waals surface area contributed by atoms with E-state index in [2.05, 4.69) is 10.3 Å². The second kappa shape index (κ2) is 4.76. The highest BCUT2D eigenvalue weighted by molar-refractivity contribution is 6.31. The summed E-state index contributed by atoms with van der Waals surface area (Å²) in [5, 5.41) is 4.21. The van der Waals surface area contributed by atoms with Gasteiger partial charge >= 0.3 is 0 Å². The van der Waals surface area contributed by atoms with Gasteiger partial charge in [0.25, 0.3) is 0 Å². The van der Waals surface area contributed by atoms with E-state index in [4.69, 9.17) is 11.6 Å². The molecule has 1 N–H and O–H groups in total. The van der Waals surface area contributed by atoms with E-state index in [9.17, 15) is 0 Å². The third-order valence-corrected chi connectivity index (χ3v) is 3.06. The average Bonchev–Trinajstić information content (AvgIpc) is 2.23. The lowest BCUT2D eigenvalue weighted by Gasteiger charge is -2.22. The Bertz CT molecular complexity index is 295. The Morgan fingerprint density at radius 3 is 3.21 bits per heavy atom. The largest absolute Gasteiger partial charge is 0.316 e. The molecule has 0 aliphatic carbocycles. The van der Waals surface area contributed by atoms with Crippen LogP contribution < -0.4 is 5.32 Å². The maximum atomic E-state index is 6.06. The number of rotatable bonds is 2. The van der Waals surface area contributed by atoms with Gasteiger partial charge in [-0.3, -0.25) is 4.98 Å². The second-order valence-electron chi connectivity index (χ2n) is 3.85. The van der Waals surface area contributed by atoms with Crippen molar-refractivity contribution >= 4 is 11.6 Å². The van der Waals surface area contributed by atoms with Gasteiger partial charge in [-0.2, -0.15) is 0 Å². The molecule has 0 spiro atoms. The Morgan fingerprint density at radius 2 is 2.50 bits per heavy atom. The lowest BCUT2D eigenvalue weighted by atomic mass is 9.94. The number of piperidine rings is 1. The van der Waals surface area contributed by atoms with Gasteiger partial charge in [0.2, 0.25) is 0 Å². The standard InChI is InChI=1S/C11H15ClN2/c12-10-4-2-6-14-11(10)7-9-3-1-5-13-8-9/h2,4,6,9,13H,1,3,5,7-8H2. The van der Waals surface area contributed by atoms with Crippen molar-refractivity contribution in [3.05, 3.63) is 29.0 Å². The van der Waals surface area contributed by atoms with E-state index < -0.39 is 0 Å². The van der Waals surface area contributed by atoms with E-state index in [0.717, 1.165) is 30.2 Å². The molecule has 2 heterocycles. The van der Waals surface area contributed by atoms with Crippen molar-refractivity contribution in [2.75, 3.05) is 13.1 Å². The van der Waals surface area contributed by atoms with Crippen LogP contribution in [0.5, 0.6) is 0 Å². The number of pyridine rings is 1. The summed E-state index contributed by atoms with van der Waals surface area (Å²) >= 11 is 6.06. The molecule has 1 aromatic heterocycles. The van der Waals surface area contributed by atoms with Gasteiger partial charge in [-0.15, -0.1) is 0 Å². The fraction of sp³-hybridized carbons (Fsp3) is 0.545. The summed E-state index contributed by atoms with van der Waals surface area (Å²) in [4.78, 5) is 4.31. The van der Waals surface area contributed by atoms with Gasteiger partial charge in [0.1, 0.15) is 0 Å². The Kier molecular flexibility index (Phi) is 3.38. The molecule has 0 aromatic carbocycles. The van der Waals surface area contributed by atoms with Gasteiger partial charge in [0, 0.05) is 6.20 Å². The first kappa shape index (κ1) is 9.94. The summed E-state index contributed by atoms with van der Waals surface area (Å²) in [6.45, 7) is 2.26. The molecule has 76 valence electrons. The highest BCUT2D eigenvalue weighted by Gasteiger charge is 2.15. The molecule has 0 amide bonds. The molecule has 1 fully saturated rings. The normalized spacial score (nSPS) is 22.2. The van der Waals surface area contributed by atoms with Gasteiger partial charge in [0.05, 0.1) is 10.7 Å². The molecule has 1 aliphatic heterocycles. The number of nitrogens with one attached hydrogen (secondary N) is 1. The molecule has 1 saturated heterocycles. The number of aromatic nitrogens is 1. The van der Waals surface area contributed by atoms with Crippen LogP contribution in [0.25, 0.3) is 0 Å². The van der Waals surface area contributed by atoms with Crippen molar-refractivity contribution in [1.29, 1.82) is 0 Å². The zero-order valence-corrected chi connectivity index (χ0v) is 8.93. The minimum atomic E-state index is 0.705. The SMILES string of the molecule is Clc1cccnc1CC1CCCNC1. The van der Waals surface area contributed by atoms with E-state index in [0.29, 0.717) is 5.92 Å². The molecule has 2 rings (SSSR count). The molecule has 1 unspecified atom stereocenters. The maximum Gasteiger partial charge on any atom is 0.0621 e. The van der Waals surface area contributed by atoms with Crippen molar-refractivity contribution in [2.24, 2.45) is 5.92 Å². The quantitative estimate of drug-likeness (QED) is 0.810. The predicted octanol–water partition coefficient (Wildman–Crippen LogP) is 2.28. The fourth-order valence-electron chi connectivity index (χ4n) is 1.94. The van der Waals surface area contributed by atoms with Crippen LogP contribution in [0.2, 0.25) is 5.02 Å². The van der Waals surface area contributed by atoms with Gasteiger partial charge in [-0.05, 0) is 50.4 Å². The molecule has 2 nitrogen and oxygen atoms in total. The maximum absolute atomic E-state index is 6.06. The molecule has 0 saturated carbocycles. The molecule has 14 heavy (non-hydrogen) atoms. The van der Waals surface area contributed by atoms with Gasteiger partial charge in [-0.25, -0.2) is 0 Å². The van der Waals surface area contributed by atoms with Crippen molar-refractivity contribution < 1.29 is 0 Å². The summed E-state index contributed by atoms with van der Waals surface area (Å²) in [5.74, 6) is 0.705. The topological polar surface area (TPSA) is 24.9 Å². The highest BCUT2D eigenvalue weighted by Crippen LogP contribution is 2.20. The molecule has 1 aliphatic rings. The van der Waals surface area contributed by atoms with Crippen LogP contribution in [0.1, 0.15) is 18.5 Å². The van der Waals surface area contributed by atoms with Crippen LogP contribution in [0, 0.1) is 5.92 Å². The summed E-state index contributed by atoms with van der Waals surface area (Å²) in [6, 6.07) is 3.80. The molecular weight excluding hydrogens is 196 g/mol. The van der Waals surface area contributed by atoms with Gasteiger partial charge in [-0.1, -0.05) is 11.6 Å². The highest BCUT2D eigenvalue weighted by atomic mass is 35.5. The second-order valence-corrected chi connectivity index (χ2v) is 4.26. The zero-order chi connectivity index (χ0) is 9.80. The molecule has 0 bridgehead atoms. The third kappa shape index (κ3) is 2.46. The Morgan fingerprint density at radius 1 is 1.57 bits per heavy atom. The first-order valence-corrected chi connectivity index (χ1v) is 5.54. The minimum Gasteiger partial charge on any atom is -0.316 e. The van der Waals surface area contributed by atoms with Crippen LogP contribution in [0.3, 0.4) is 0 Å². The fourth-order valence-corrected chi connectivity index (χ4v) is 2.14. The van der Waals surface area contributed by atoms with E-state index in [1.165, 1.54) is 12.8 Å². The van der Waals surface area contributed by atoms with Crippen molar-refractivity contribution in [3.63, 3.8) is 0 Å². The Labute approximate surface area is 89.7 Å². The molecule has 1 aromatic rings. The Hall–Kier alpha value is -0.600. The van der Waals surface area contributed by atoms with Crippen LogP contribution in [-0.2, 0) is 6.42 Å². The summed E-state index contributed by atoms with van der Waals surface area (Å²) in [7, 11) is 0. The monoisotopic (exact) mass is 210 g/mol. The van der Waals surface area contributed by atoms with E-state index >= 15 is 0 Å². The van der Waals surface area contributed by atoms with Crippen LogP contribution in [0.4, 0.5) is 0 Å². The number of hydrogen-bond donors (Lipinski definition) is 1. The predicted molar refractivity (Wildman–Crippen MR) is 58.5 cm³/mol. The minimum absolute atomic E-state index is 0.705. The summed E-state index contributed by atoms with van der Waals surface area (Å²) < 4.78 is 0. The van der Waals surface area contributed by atoms with Gasteiger partial charge < -0.3 is 5.32 Å². The lowest BCUT2D eigenvalue weighted by Crippen LogP contribution is -2.31. The number of halogens is 1. The smallest absolute Gasteiger partial charge is 0.0621 e. The number of hydrogen-bond acceptors (Lipinski definition) is 2. The number of nitrogens with zero attached hydrogens (tertiary/aromatic N) is 1. The molecular formula is C11H15ClN2. The lowest BCUT2D eigenvalue weighted by molar-refractivity contribution is 0.373. The van der Waals surface area contributed by atoms with Crippen LogP contribution in [-0.4, -0.2) is 18.1 Å². The van der Waals surface area contributed by atoms with E-state index in [1.54, 1.807) is 0 Å².